The summed E-state index contributed by atoms with van der Waals surface area (Å²) in [5.74, 6) is 0. The first-order chi connectivity index (χ1) is 7.63. The van der Waals surface area contributed by atoms with Crippen LogP contribution in [0, 0.1) is 0 Å². The summed E-state index contributed by atoms with van der Waals surface area (Å²) in [4.78, 5) is 9.62. The minimum atomic E-state index is 0.662. The van der Waals surface area contributed by atoms with Crippen LogP contribution in [0.1, 0.15) is 26.3 Å². The third kappa shape index (κ3) is 7.07. The molecule has 1 rings (SSSR count). The Bertz CT molecular complexity index is 330. The molecule has 2 nitrogen and oxygen atoms in total. The van der Waals surface area contributed by atoms with Crippen LogP contribution in [0.5, 0.6) is 0 Å². The van der Waals surface area contributed by atoms with Gasteiger partial charge in [-0.25, -0.2) is 0 Å². The van der Waals surface area contributed by atoms with Gasteiger partial charge in [-0.1, -0.05) is 36.7 Å². The maximum atomic E-state index is 9.62. The second kappa shape index (κ2) is 8.98. The Morgan fingerprint density at radius 3 is 2.25 bits per heavy atom. The molecule has 16 heavy (non-hydrogen) atoms. The maximum Gasteiger partial charge on any atom is 0.211 e. The molecule has 0 saturated carbocycles. The minimum absolute atomic E-state index is 0.662. The summed E-state index contributed by atoms with van der Waals surface area (Å²) in [6.45, 7) is 5.82. The lowest BCUT2D eigenvalue weighted by atomic mass is 10.2. The van der Waals surface area contributed by atoms with Crippen molar-refractivity contribution in [3.8, 4) is 0 Å². The molecule has 1 aromatic carbocycles. The maximum absolute atomic E-state index is 9.62. The molecule has 0 heterocycles. The van der Waals surface area contributed by atoms with Crippen molar-refractivity contribution in [1.82, 2.24) is 5.32 Å². The van der Waals surface area contributed by atoms with Crippen LogP contribution in [0.3, 0.4) is 0 Å². The smallest absolute Gasteiger partial charge is 0.211 e. The standard InChI is InChI=1S/C8H9Cl.C5H9NO/c1-2-7-3-5-8(9)6-4-7;1-3-5(2)6-4-7/h3-6H,2H2,1H3;3-4H,1-2H3,(H,6,7)/b;5-3+. The van der Waals surface area contributed by atoms with Crippen molar-refractivity contribution in [3.63, 3.8) is 0 Å². The van der Waals surface area contributed by atoms with E-state index in [1.165, 1.54) is 5.56 Å². The Balaban J connectivity index is 0.000000293. The van der Waals surface area contributed by atoms with Crippen molar-refractivity contribution in [2.24, 2.45) is 0 Å². The normalized spacial score (nSPS) is 10.1. The summed E-state index contributed by atoms with van der Waals surface area (Å²) in [5.41, 5.74) is 2.22. The van der Waals surface area contributed by atoms with Gasteiger partial charge in [-0.05, 0) is 38.0 Å². The molecule has 1 aromatic rings. The molecule has 88 valence electrons. The van der Waals surface area contributed by atoms with E-state index in [0.717, 1.165) is 17.1 Å². The summed E-state index contributed by atoms with van der Waals surface area (Å²) in [6.07, 6.45) is 3.57. The molecule has 0 atom stereocenters. The van der Waals surface area contributed by atoms with E-state index in [-0.39, 0.29) is 0 Å². The van der Waals surface area contributed by atoms with Crippen LogP contribution in [-0.4, -0.2) is 6.41 Å². The molecule has 1 amide bonds. The van der Waals surface area contributed by atoms with E-state index >= 15 is 0 Å². The number of allylic oxidation sites excluding steroid dienone is 2. The van der Waals surface area contributed by atoms with Crippen LogP contribution in [0.2, 0.25) is 5.02 Å². The molecular weight excluding hydrogens is 222 g/mol. The summed E-state index contributed by atoms with van der Waals surface area (Å²) in [6, 6.07) is 7.92. The highest BCUT2D eigenvalue weighted by atomic mass is 35.5. The first kappa shape index (κ1) is 14.7. The second-order valence-corrected chi connectivity index (χ2v) is 3.65. The van der Waals surface area contributed by atoms with Gasteiger partial charge in [0.1, 0.15) is 0 Å². The minimum Gasteiger partial charge on any atom is -0.333 e. The average molecular weight is 240 g/mol. The fourth-order valence-electron chi connectivity index (χ4n) is 0.896. The lowest BCUT2D eigenvalue weighted by Gasteiger charge is -1.93. The number of amides is 1. The Labute approximate surface area is 102 Å². The van der Waals surface area contributed by atoms with Gasteiger partial charge in [0, 0.05) is 10.7 Å². The highest BCUT2D eigenvalue weighted by Gasteiger charge is 1.86. The van der Waals surface area contributed by atoms with Crippen molar-refractivity contribution in [2.45, 2.75) is 27.2 Å². The third-order valence-electron chi connectivity index (χ3n) is 2.04. The van der Waals surface area contributed by atoms with Gasteiger partial charge >= 0.3 is 0 Å². The van der Waals surface area contributed by atoms with Crippen LogP contribution in [0.15, 0.2) is 36.0 Å². The molecule has 0 aromatic heterocycles. The van der Waals surface area contributed by atoms with E-state index in [4.69, 9.17) is 11.6 Å². The van der Waals surface area contributed by atoms with Gasteiger partial charge < -0.3 is 5.32 Å². The molecule has 0 unspecified atom stereocenters. The Kier molecular flexibility index (Phi) is 8.26. The van der Waals surface area contributed by atoms with E-state index < -0.39 is 0 Å². The van der Waals surface area contributed by atoms with E-state index in [0.29, 0.717) is 6.41 Å². The summed E-state index contributed by atoms with van der Waals surface area (Å²) in [5, 5.41) is 3.29. The fourth-order valence-corrected chi connectivity index (χ4v) is 1.02. The number of carbonyl (C=O) groups excluding carboxylic acids is 1. The zero-order valence-electron chi connectivity index (χ0n) is 9.96. The van der Waals surface area contributed by atoms with Gasteiger partial charge in [0.2, 0.25) is 6.41 Å². The number of benzene rings is 1. The van der Waals surface area contributed by atoms with Gasteiger partial charge in [-0.3, -0.25) is 4.79 Å². The highest BCUT2D eigenvalue weighted by molar-refractivity contribution is 6.30. The largest absolute Gasteiger partial charge is 0.333 e. The number of rotatable bonds is 3. The number of hydrogen-bond acceptors (Lipinski definition) is 1. The molecule has 0 aliphatic rings. The highest BCUT2D eigenvalue weighted by Crippen LogP contribution is 2.09. The molecule has 0 saturated heterocycles. The Morgan fingerprint density at radius 1 is 1.38 bits per heavy atom. The van der Waals surface area contributed by atoms with Crippen molar-refractivity contribution in [2.75, 3.05) is 0 Å². The van der Waals surface area contributed by atoms with Gasteiger partial charge in [0.05, 0.1) is 0 Å². The average Bonchev–Trinajstić information content (AvgIpc) is 2.31. The first-order valence-electron chi connectivity index (χ1n) is 5.21. The van der Waals surface area contributed by atoms with Crippen LogP contribution in [-0.2, 0) is 11.2 Å². The SMILES string of the molecule is C/C=C(\C)NC=O.CCc1ccc(Cl)cc1. The number of carbonyl (C=O) groups is 1. The second-order valence-electron chi connectivity index (χ2n) is 3.21. The van der Waals surface area contributed by atoms with Crippen molar-refractivity contribution in [3.05, 3.63) is 46.6 Å². The zero-order valence-corrected chi connectivity index (χ0v) is 10.7. The van der Waals surface area contributed by atoms with Crippen LogP contribution >= 0.6 is 11.6 Å². The Morgan fingerprint density at radius 2 is 1.94 bits per heavy atom. The predicted molar refractivity (Wildman–Crippen MR) is 69.5 cm³/mol. The number of halogens is 1. The van der Waals surface area contributed by atoms with Gasteiger partial charge in [0.15, 0.2) is 0 Å². The van der Waals surface area contributed by atoms with Crippen LogP contribution < -0.4 is 5.32 Å². The van der Waals surface area contributed by atoms with E-state index in [2.05, 4.69) is 12.2 Å². The topological polar surface area (TPSA) is 29.1 Å². The summed E-state index contributed by atoms with van der Waals surface area (Å²) < 4.78 is 0. The van der Waals surface area contributed by atoms with Gasteiger partial charge in [0.25, 0.3) is 0 Å². The van der Waals surface area contributed by atoms with Gasteiger partial charge in [-0.2, -0.15) is 0 Å². The van der Waals surface area contributed by atoms with Crippen LogP contribution in [0.4, 0.5) is 0 Å². The summed E-state index contributed by atoms with van der Waals surface area (Å²) >= 11 is 5.67. The van der Waals surface area contributed by atoms with Crippen LogP contribution in [0.25, 0.3) is 0 Å². The van der Waals surface area contributed by atoms with E-state index in [1.54, 1.807) is 0 Å². The van der Waals surface area contributed by atoms with Crippen molar-refractivity contribution in [1.29, 1.82) is 0 Å². The molecule has 0 fully saturated rings. The first-order valence-corrected chi connectivity index (χ1v) is 5.59. The number of nitrogens with one attached hydrogen (secondary N) is 1. The number of hydrogen-bond donors (Lipinski definition) is 1. The molecule has 0 bridgehead atoms. The van der Waals surface area contributed by atoms with Crippen molar-refractivity contribution < 1.29 is 4.79 Å². The lowest BCUT2D eigenvalue weighted by Crippen LogP contribution is -2.05. The molecule has 0 aliphatic carbocycles. The van der Waals surface area contributed by atoms with E-state index in [9.17, 15) is 4.79 Å². The molecule has 1 N–H and O–H groups in total. The molecule has 3 heteroatoms. The molecule has 0 aliphatic heterocycles. The van der Waals surface area contributed by atoms with Crippen molar-refractivity contribution >= 4 is 18.0 Å². The Hall–Kier alpha value is -1.28. The number of aryl methyl sites for hydroxylation is 1. The molecule has 0 spiro atoms. The summed E-state index contributed by atoms with van der Waals surface area (Å²) in [7, 11) is 0. The van der Waals surface area contributed by atoms with E-state index in [1.807, 2.05) is 44.2 Å². The third-order valence-corrected chi connectivity index (χ3v) is 2.29. The fraction of sp³-hybridized carbons (Fsp3) is 0.308. The molecular formula is C13H18ClNO. The monoisotopic (exact) mass is 239 g/mol. The lowest BCUT2D eigenvalue weighted by molar-refractivity contribution is -0.108. The predicted octanol–water partition coefficient (Wildman–Crippen LogP) is 3.56. The van der Waals surface area contributed by atoms with Gasteiger partial charge in [-0.15, -0.1) is 0 Å². The zero-order chi connectivity index (χ0) is 12.4. The quantitative estimate of drug-likeness (QED) is 0.803. The molecule has 0 radical (unpaired) electrons.